The van der Waals surface area contributed by atoms with Gasteiger partial charge in [0, 0.05) is 18.2 Å². The van der Waals surface area contributed by atoms with Gasteiger partial charge >= 0.3 is 0 Å². The number of benzene rings is 1. The summed E-state index contributed by atoms with van der Waals surface area (Å²) in [6.45, 7) is 6.26. The molecular formula is C13H19NO2. The van der Waals surface area contributed by atoms with E-state index in [1.165, 1.54) is 0 Å². The molecule has 0 unspecified atom stereocenters. The number of nitrogens with zero attached hydrogens (tertiary/aromatic N) is 1. The SMILES string of the molecule is Cc1ccc(C(=O)N(CCO)C(C)C)cc1. The van der Waals surface area contributed by atoms with Gasteiger partial charge in [0.1, 0.15) is 0 Å². The lowest BCUT2D eigenvalue weighted by Crippen LogP contribution is -2.38. The first kappa shape index (κ1) is 12.7. The molecule has 0 atom stereocenters. The summed E-state index contributed by atoms with van der Waals surface area (Å²) in [6.07, 6.45) is 0. The number of aryl methyl sites for hydroxylation is 1. The van der Waals surface area contributed by atoms with E-state index in [4.69, 9.17) is 5.11 Å². The minimum Gasteiger partial charge on any atom is -0.395 e. The standard InChI is InChI=1S/C13H19NO2/c1-10(2)14(8-9-15)13(16)12-6-4-11(3)5-7-12/h4-7,10,15H,8-9H2,1-3H3. The Labute approximate surface area is 96.7 Å². The summed E-state index contributed by atoms with van der Waals surface area (Å²) in [7, 11) is 0. The van der Waals surface area contributed by atoms with Crippen LogP contribution in [-0.2, 0) is 0 Å². The van der Waals surface area contributed by atoms with Crippen LogP contribution in [0.1, 0.15) is 29.8 Å². The molecule has 0 fully saturated rings. The van der Waals surface area contributed by atoms with Gasteiger partial charge in [-0.15, -0.1) is 0 Å². The summed E-state index contributed by atoms with van der Waals surface area (Å²) >= 11 is 0. The molecule has 0 bridgehead atoms. The summed E-state index contributed by atoms with van der Waals surface area (Å²) < 4.78 is 0. The monoisotopic (exact) mass is 221 g/mol. The maximum atomic E-state index is 12.1. The maximum absolute atomic E-state index is 12.1. The molecule has 0 heterocycles. The number of carbonyl (C=O) groups excluding carboxylic acids is 1. The van der Waals surface area contributed by atoms with Crippen molar-refractivity contribution in [2.45, 2.75) is 26.8 Å². The van der Waals surface area contributed by atoms with E-state index in [2.05, 4.69) is 0 Å². The molecule has 1 aromatic rings. The summed E-state index contributed by atoms with van der Waals surface area (Å²) in [5.41, 5.74) is 1.81. The topological polar surface area (TPSA) is 40.5 Å². The number of rotatable bonds is 4. The van der Waals surface area contributed by atoms with Gasteiger partial charge in [0.05, 0.1) is 6.61 Å². The Bertz CT molecular complexity index is 343. The van der Waals surface area contributed by atoms with Crippen LogP contribution < -0.4 is 0 Å². The molecular weight excluding hydrogens is 202 g/mol. The molecule has 1 aromatic carbocycles. The Morgan fingerprint density at radius 1 is 1.31 bits per heavy atom. The molecule has 0 saturated carbocycles. The second kappa shape index (κ2) is 5.66. The van der Waals surface area contributed by atoms with E-state index in [0.717, 1.165) is 5.56 Å². The maximum Gasteiger partial charge on any atom is 0.254 e. The van der Waals surface area contributed by atoms with E-state index in [0.29, 0.717) is 12.1 Å². The fourth-order valence-electron chi connectivity index (χ4n) is 1.56. The zero-order valence-electron chi connectivity index (χ0n) is 10.1. The Morgan fingerprint density at radius 2 is 1.88 bits per heavy atom. The highest BCUT2D eigenvalue weighted by Gasteiger charge is 2.17. The lowest BCUT2D eigenvalue weighted by Gasteiger charge is -2.26. The predicted molar refractivity (Wildman–Crippen MR) is 64.4 cm³/mol. The number of aliphatic hydroxyl groups excluding tert-OH is 1. The van der Waals surface area contributed by atoms with Crippen molar-refractivity contribution >= 4 is 5.91 Å². The van der Waals surface area contributed by atoms with Crippen LogP contribution in [0, 0.1) is 6.92 Å². The van der Waals surface area contributed by atoms with Crippen LogP contribution in [0.3, 0.4) is 0 Å². The number of amides is 1. The molecule has 1 N–H and O–H groups in total. The Hall–Kier alpha value is -1.35. The second-order valence-corrected chi connectivity index (χ2v) is 4.18. The number of carbonyl (C=O) groups is 1. The van der Waals surface area contributed by atoms with Gasteiger partial charge in [0.15, 0.2) is 0 Å². The summed E-state index contributed by atoms with van der Waals surface area (Å²) in [5, 5.41) is 8.93. The molecule has 0 spiro atoms. The molecule has 3 nitrogen and oxygen atoms in total. The van der Waals surface area contributed by atoms with Crippen LogP contribution in [0.5, 0.6) is 0 Å². The third-order valence-corrected chi connectivity index (χ3v) is 2.52. The lowest BCUT2D eigenvalue weighted by atomic mass is 10.1. The van der Waals surface area contributed by atoms with Gasteiger partial charge in [-0.1, -0.05) is 17.7 Å². The smallest absolute Gasteiger partial charge is 0.254 e. The van der Waals surface area contributed by atoms with Gasteiger partial charge < -0.3 is 10.0 Å². The molecule has 0 aliphatic rings. The first-order chi connectivity index (χ1) is 7.56. The van der Waals surface area contributed by atoms with Gasteiger partial charge in [-0.3, -0.25) is 4.79 Å². The van der Waals surface area contributed by atoms with E-state index < -0.39 is 0 Å². The minimum absolute atomic E-state index is 0.00419. The lowest BCUT2D eigenvalue weighted by molar-refractivity contribution is 0.0665. The Kier molecular flexibility index (Phi) is 4.50. The zero-order chi connectivity index (χ0) is 12.1. The molecule has 0 aromatic heterocycles. The van der Waals surface area contributed by atoms with Crippen LogP contribution in [0.25, 0.3) is 0 Å². The van der Waals surface area contributed by atoms with Crippen molar-refractivity contribution in [2.75, 3.05) is 13.2 Å². The van der Waals surface area contributed by atoms with Crippen molar-refractivity contribution in [1.82, 2.24) is 4.90 Å². The third-order valence-electron chi connectivity index (χ3n) is 2.52. The number of hydrogen-bond donors (Lipinski definition) is 1. The van der Waals surface area contributed by atoms with Crippen LogP contribution in [-0.4, -0.2) is 35.1 Å². The first-order valence-electron chi connectivity index (χ1n) is 5.54. The van der Waals surface area contributed by atoms with Gasteiger partial charge in [-0.05, 0) is 32.9 Å². The third kappa shape index (κ3) is 3.07. The molecule has 1 rings (SSSR count). The van der Waals surface area contributed by atoms with E-state index in [-0.39, 0.29) is 18.6 Å². The highest BCUT2D eigenvalue weighted by molar-refractivity contribution is 5.94. The average molecular weight is 221 g/mol. The predicted octanol–water partition coefficient (Wildman–Crippen LogP) is 1.84. The Morgan fingerprint density at radius 3 is 2.31 bits per heavy atom. The van der Waals surface area contributed by atoms with Crippen LogP contribution in [0.15, 0.2) is 24.3 Å². The Balaban J connectivity index is 2.86. The molecule has 0 aliphatic carbocycles. The number of hydrogen-bond acceptors (Lipinski definition) is 2. The van der Waals surface area contributed by atoms with Crippen molar-refractivity contribution < 1.29 is 9.90 Å². The highest BCUT2D eigenvalue weighted by atomic mass is 16.3. The van der Waals surface area contributed by atoms with Crippen molar-refractivity contribution in [3.63, 3.8) is 0 Å². The zero-order valence-corrected chi connectivity index (χ0v) is 10.1. The fourth-order valence-corrected chi connectivity index (χ4v) is 1.56. The molecule has 3 heteroatoms. The number of aliphatic hydroxyl groups is 1. The molecule has 16 heavy (non-hydrogen) atoms. The van der Waals surface area contributed by atoms with Gasteiger partial charge in [-0.2, -0.15) is 0 Å². The van der Waals surface area contributed by atoms with Crippen molar-refractivity contribution in [1.29, 1.82) is 0 Å². The summed E-state index contributed by atoms with van der Waals surface area (Å²) in [5.74, 6) is -0.0240. The molecule has 0 radical (unpaired) electrons. The van der Waals surface area contributed by atoms with Crippen molar-refractivity contribution in [2.24, 2.45) is 0 Å². The molecule has 0 saturated heterocycles. The van der Waals surface area contributed by atoms with Gasteiger partial charge in [0.25, 0.3) is 5.91 Å². The van der Waals surface area contributed by atoms with Gasteiger partial charge in [0.2, 0.25) is 0 Å². The van der Waals surface area contributed by atoms with Crippen LogP contribution in [0.4, 0.5) is 0 Å². The molecule has 1 amide bonds. The van der Waals surface area contributed by atoms with Crippen molar-refractivity contribution in [3.8, 4) is 0 Å². The van der Waals surface area contributed by atoms with Crippen LogP contribution >= 0.6 is 0 Å². The van der Waals surface area contributed by atoms with E-state index >= 15 is 0 Å². The van der Waals surface area contributed by atoms with Gasteiger partial charge in [-0.25, -0.2) is 0 Å². The fraction of sp³-hybridized carbons (Fsp3) is 0.462. The minimum atomic E-state index is -0.0240. The highest BCUT2D eigenvalue weighted by Crippen LogP contribution is 2.09. The first-order valence-corrected chi connectivity index (χ1v) is 5.54. The van der Waals surface area contributed by atoms with Crippen LogP contribution in [0.2, 0.25) is 0 Å². The van der Waals surface area contributed by atoms with E-state index in [1.807, 2.05) is 45.0 Å². The summed E-state index contributed by atoms with van der Waals surface area (Å²) in [4.78, 5) is 13.8. The quantitative estimate of drug-likeness (QED) is 0.842. The average Bonchev–Trinajstić information content (AvgIpc) is 2.25. The van der Waals surface area contributed by atoms with Crippen molar-refractivity contribution in [3.05, 3.63) is 35.4 Å². The molecule has 0 aliphatic heterocycles. The van der Waals surface area contributed by atoms with E-state index in [9.17, 15) is 4.79 Å². The summed E-state index contributed by atoms with van der Waals surface area (Å²) in [6, 6.07) is 7.59. The molecule has 88 valence electrons. The van der Waals surface area contributed by atoms with E-state index in [1.54, 1.807) is 4.90 Å². The second-order valence-electron chi connectivity index (χ2n) is 4.18. The largest absolute Gasteiger partial charge is 0.395 e. The normalized spacial score (nSPS) is 10.6.